The van der Waals surface area contributed by atoms with E-state index in [1.807, 2.05) is 13.8 Å². The van der Waals surface area contributed by atoms with E-state index >= 15 is 0 Å². The summed E-state index contributed by atoms with van der Waals surface area (Å²) < 4.78 is 0. The molecule has 0 aromatic carbocycles. The van der Waals surface area contributed by atoms with Crippen LogP contribution in [0.5, 0.6) is 0 Å². The van der Waals surface area contributed by atoms with Crippen LogP contribution in [0.3, 0.4) is 0 Å². The molecule has 52 valence electrons. The van der Waals surface area contributed by atoms with E-state index in [0.29, 0.717) is 12.3 Å². The average Bonchev–Trinajstić information content (AvgIpc) is 1.63. The van der Waals surface area contributed by atoms with Crippen molar-refractivity contribution >= 4 is 0 Å². The maximum Gasteiger partial charge on any atom is 0.0621 e. The van der Waals surface area contributed by atoms with Crippen LogP contribution in [-0.4, -0.2) is 11.2 Å². The summed E-state index contributed by atoms with van der Waals surface area (Å²) in [6.07, 6.45) is 0.314. The lowest BCUT2D eigenvalue weighted by Gasteiger charge is -1.93. The van der Waals surface area contributed by atoms with Crippen molar-refractivity contribution in [1.29, 1.82) is 0 Å². The van der Waals surface area contributed by atoms with Crippen molar-refractivity contribution in [3.05, 3.63) is 0 Å². The van der Waals surface area contributed by atoms with Crippen LogP contribution >= 0.6 is 0 Å². The van der Waals surface area contributed by atoms with Crippen molar-refractivity contribution in [2.45, 2.75) is 33.3 Å². The smallest absolute Gasteiger partial charge is 0.0621 e. The number of aliphatic hydroxyl groups is 1. The minimum Gasteiger partial charge on any atom is -0.392 e. The third-order valence-corrected chi connectivity index (χ3v) is 0.788. The quantitative estimate of drug-likeness (QED) is 0.527. The molecule has 0 radical (unpaired) electrons. The van der Waals surface area contributed by atoms with Gasteiger partial charge in [0.25, 0.3) is 0 Å². The molecule has 0 saturated carbocycles. The predicted octanol–water partition coefficient (Wildman–Crippen LogP) is 1.42. The van der Waals surface area contributed by atoms with Crippen LogP contribution < -0.4 is 0 Å². The van der Waals surface area contributed by atoms with Crippen molar-refractivity contribution in [3.63, 3.8) is 0 Å². The van der Waals surface area contributed by atoms with Gasteiger partial charge < -0.3 is 5.11 Å². The van der Waals surface area contributed by atoms with E-state index < -0.39 is 0 Å². The van der Waals surface area contributed by atoms with E-state index in [-0.39, 0.29) is 6.10 Å². The van der Waals surface area contributed by atoms with Gasteiger partial charge in [0.15, 0.2) is 0 Å². The van der Waals surface area contributed by atoms with E-state index in [0.717, 1.165) is 0 Å². The summed E-state index contributed by atoms with van der Waals surface area (Å²) >= 11 is 0. The minimum atomic E-state index is -0.281. The molecule has 1 heteroatoms. The van der Waals surface area contributed by atoms with E-state index in [1.54, 1.807) is 6.92 Å². The van der Waals surface area contributed by atoms with Gasteiger partial charge in [-0.25, -0.2) is 0 Å². The first-order valence-corrected chi connectivity index (χ1v) is 3.29. The summed E-state index contributed by atoms with van der Waals surface area (Å²) in [7, 11) is 0. The summed E-state index contributed by atoms with van der Waals surface area (Å²) in [5.41, 5.74) is 0. The molecule has 1 atom stereocenters. The fourth-order valence-corrected chi connectivity index (χ4v) is 0.411. The first-order valence-electron chi connectivity index (χ1n) is 3.29. The summed E-state index contributed by atoms with van der Waals surface area (Å²) in [6, 6.07) is 0. The van der Waals surface area contributed by atoms with Crippen molar-refractivity contribution in [2.75, 3.05) is 0 Å². The fraction of sp³-hybridized carbons (Fsp3) is 0.750. The van der Waals surface area contributed by atoms with Gasteiger partial charge in [0, 0.05) is 12.3 Å². The lowest BCUT2D eigenvalue weighted by atomic mass is 10.2. The summed E-state index contributed by atoms with van der Waals surface area (Å²) in [5, 5.41) is 8.76. The first kappa shape index (κ1) is 8.52. The third kappa shape index (κ3) is 7.52. The highest BCUT2D eigenvalue weighted by Gasteiger charge is 1.88. The van der Waals surface area contributed by atoms with Gasteiger partial charge in [-0.15, -0.1) is 11.8 Å². The first-order chi connectivity index (χ1) is 4.13. The largest absolute Gasteiger partial charge is 0.392 e. The maximum absolute atomic E-state index is 8.76. The number of rotatable bonds is 1. The van der Waals surface area contributed by atoms with E-state index in [9.17, 15) is 0 Å². The molecule has 0 aromatic rings. The van der Waals surface area contributed by atoms with Crippen LogP contribution in [0.2, 0.25) is 0 Å². The minimum absolute atomic E-state index is 0.281. The van der Waals surface area contributed by atoms with Crippen LogP contribution in [0.25, 0.3) is 0 Å². The monoisotopic (exact) mass is 126 g/mol. The van der Waals surface area contributed by atoms with E-state index in [2.05, 4.69) is 11.8 Å². The van der Waals surface area contributed by atoms with Crippen LogP contribution in [0, 0.1) is 17.8 Å². The standard InChI is InChI=1S/C8H14O/c1-7(2)5-4-6-8(3)9/h7-9H,6H2,1-3H3/t8-/m1/s1. The zero-order valence-corrected chi connectivity index (χ0v) is 6.31. The number of hydrogen-bond acceptors (Lipinski definition) is 1. The highest BCUT2D eigenvalue weighted by Crippen LogP contribution is 1.89. The van der Waals surface area contributed by atoms with Crippen molar-refractivity contribution in [2.24, 2.45) is 5.92 Å². The SMILES string of the molecule is CC(C)C#CC[C@@H](C)O. The molecule has 0 unspecified atom stereocenters. The van der Waals surface area contributed by atoms with Crippen molar-refractivity contribution in [3.8, 4) is 11.8 Å². The van der Waals surface area contributed by atoms with Crippen LogP contribution in [-0.2, 0) is 0 Å². The Morgan fingerprint density at radius 2 is 1.89 bits per heavy atom. The zero-order valence-electron chi connectivity index (χ0n) is 6.31. The van der Waals surface area contributed by atoms with Gasteiger partial charge in [-0.3, -0.25) is 0 Å². The Morgan fingerprint density at radius 3 is 2.22 bits per heavy atom. The summed E-state index contributed by atoms with van der Waals surface area (Å²) in [5.74, 6) is 6.27. The molecule has 1 nitrogen and oxygen atoms in total. The van der Waals surface area contributed by atoms with Crippen molar-refractivity contribution in [1.82, 2.24) is 0 Å². The second-order valence-electron chi connectivity index (χ2n) is 2.53. The van der Waals surface area contributed by atoms with Gasteiger partial charge in [0.05, 0.1) is 6.10 Å². The predicted molar refractivity (Wildman–Crippen MR) is 38.9 cm³/mol. The van der Waals surface area contributed by atoms with Gasteiger partial charge in [-0.1, -0.05) is 13.8 Å². The molecule has 0 heterocycles. The Morgan fingerprint density at radius 1 is 1.33 bits per heavy atom. The van der Waals surface area contributed by atoms with Gasteiger partial charge >= 0.3 is 0 Å². The molecule has 0 aliphatic carbocycles. The molecule has 0 aliphatic rings. The molecule has 0 aliphatic heterocycles. The molecular weight excluding hydrogens is 112 g/mol. The van der Waals surface area contributed by atoms with E-state index in [4.69, 9.17) is 5.11 Å². The van der Waals surface area contributed by atoms with Gasteiger partial charge in [-0.05, 0) is 6.92 Å². The lowest BCUT2D eigenvalue weighted by molar-refractivity contribution is 0.201. The Labute approximate surface area is 57.1 Å². The average molecular weight is 126 g/mol. The molecule has 0 aromatic heterocycles. The van der Waals surface area contributed by atoms with Crippen molar-refractivity contribution < 1.29 is 5.11 Å². The molecule has 1 N–H and O–H groups in total. The molecule has 0 amide bonds. The van der Waals surface area contributed by atoms with Crippen LogP contribution in [0.1, 0.15) is 27.2 Å². The Kier molecular flexibility index (Phi) is 4.17. The second-order valence-corrected chi connectivity index (χ2v) is 2.53. The lowest BCUT2D eigenvalue weighted by Crippen LogP contribution is -1.96. The normalized spacial score (nSPS) is 12.6. The molecule has 0 rings (SSSR count). The Bertz CT molecular complexity index is 114. The van der Waals surface area contributed by atoms with Gasteiger partial charge in [0.1, 0.15) is 0 Å². The number of hydrogen-bond donors (Lipinski definition) is 1. The summed E-state index contributed by atoms with van der Waals surface area (Å²) in [4.78, 5) is 0. The Hall–Kier alpha value is -0.480. The molecule has 0 spiro atoms. The summed E-state index contributed by atoms with van der Waals surface area (Å²) in [6.45, 7) is 5.82. The van der Waals surface area contributed by atoms with Crippen LogP contribution in [0.15, 0.2) is 0 Å². The second kappa shape index (κ2) is 4.40. The zero-order chi connectivity index (χ0) is 7.28. The fourth-order valence-electron chi connectivity index (χ4n) is 0.411. The van der Waals surface area contributed by atoms with Crippen LogP contribution in [0.4, 0.5) is 0 Å². The highest BCUT2D eigenvalue weighted by atomic mass is 16.3. The molecule has 9 heavy (non-hydrogen) atoms. The maximum atomic E-state index is 8.76. The van der Waals surface area contributed by atoms with E-state index in [1.165, 1.54) is 0 Å². The molecule has 0 fully saturated rings. The van der Waals surface area contributed by atoms with Gasteiger partial charge in [-0.2, -0.15) is 0 Å². The third-order valence-electron chi connectivity index (χ3n) is 0.788. The topological polar surface area (TPSA) is 20.2 Å². The molecule has 0 saturated heterocycles. The van der Waals surface area contributed by atoms with Gasteiger partial charge in [0.2, 0.25) is 0 Å². The Balaban J connectivity index is 3.38. The number of aliphatic hydroxyl groups excluding tert-OH is 1. The molecule has 0 bridgehead atoms. The molecular formula is C8H14O. The highest BCUT2D eigenvalue weighted by molar-refractivity contribution is 5.01.